The van der Waals surface area contributed by atoms with Crippen LogP contribution in [-0.4, -0.2) is 14.5 Å². The molecule has 0 bridgehead atoms. The van der Waals surface area contributed by atoms with E-state index in [0.29, 0.717) is 0 Å². The fourth-order valence-electron chi connectivity index (χ4n) is 2.13. The van der Waals surface area contributed by atoms with Gasteiger partial charge in [-0.1, -0.05) is 18.2 Å². The van der Waals surface area contributed by atoms with Crippen molar-refractivity contribution in [1.29, 1.82) is 0 Å². The van der Waals surface area contributed by atoms with Crippen molar-refractivity contribution in [1.82, 2.24) is 0 Å². The molecule has 2 rings (SSSR count). The summed E-state index contributed by atoms with van der Waals surface area (Å²) in [6, 6.07) is 16.8. The normalized spacial score (nSPS) is 11.6. The minimum absolute atomic E-state index is 0.123. The first kappa shape index (κ1) is 14.6. The van der Waals surface area contributed by atoms with Crippen LogP contribution in [-0.2, 0) is 10.0 Å². The van der Waals surface area contributed by atoms with Crippen LogP contribution in [0.25, 0.3) is 0 Å². The van der Waals surface area contributed by atoms with E-state index in [1.165, 1.54) is 12.1 Å². The third kappa shape index (κ3) is 3.18. The summed E-state index contributed by atoms with van der Waals surface area (Å²) >= 11 is 0. The number of hydrogen-bond acceptors (Lipinski definition) is 3. The van der Waals surface area contributed by atoms with Crippen molar-refractivity contribution in [2.45, 2.75) is 24.8 Å². The van der Waals surface area contributed by atoms with E-state index in [-0.39, 0.29) is 10.9 Å². The predicted molar refractivity (Wildman–Crippen MR) is 81.5 cm³/mol. The Hall–Kier alpha value is -1.85. The maximum absolute atomic E-state index is 11.3. The highest BCUT2D eigenvalue weighted by molar-refractivity contribution is 7.89. The Morgan fingerprint density at radius 1 is 0.900 bits per heavy atom. The average Bonchev–Trinajstić information content (AvgIpc) is 2.39. The Bertz CT molecular complexity index is 665. The van der Waals surface area contributed by atoms with Crippen LogP contribution in [0.1, 0.15) is 13.8 Å². The number of primary sulfonamides is 1. The van der Waals surface area contributed by atoms with Crippen LogP contribution < -0.4 is 10.0 Å². The van der Waals surface area contributed by atoms with Gasteiger partial charge in [0.25, 0.3) is 0 Å². The van der Waals surface area contributed by atoms with Gasteiger partial charge in [0.05, 0.1) is 4.90 Å². The van der Waals surface area contributed by atoms with Crippen LogP contribution in [0.15, 0.2) is 59.5 Å². The van der Waals surface area contributed by atoms with Crippen LogP contribution in [0, 0.1) is 0 Å². The van der Waals surface area contributed by atoms with Gasteiger partial charge >= 0.3 is 0 Å². The van der Waals surface area contributed by atoms with Crippen LogP contribution in [0.5, 0.6) is 0 Å². The molecule has 0 saturated heterocycles. The molecule has 0 amide bonds. The number of anilines is 2. The first-order chi connectivity index (χ1) is 9.39. The Morgan fingerprint density at radius 2 is 1.40 bits per heavy atom. The summed E-state index contributed by atoms with van der Waals surface area (Å²) in [5.41, 5.74) is 1.99. The van der Waals surface area contributed by atoms with Gasteiger partial charge in [-0.25, -0.2) is 13.6 Å². The highest BCUT2D eigenvalue weighted by atomic mass is 32.2. The van der Waals surface area contributed by atoms with Crippen molar-refractivity contribution in [3.63, 3.8) is 0 Å². The summed E-state index contributed by atoms with van der Waals surface area (Å²) in [5.74, 6) is 0. The Morgan fingerprint density at radius 3 is 1.85 bits per heavy atom. The lowest BCUT2D eigenvalue weighted by atomic mass is 10.2. The molecule has 0 aliphatic heterocycles. The van der Waals surface area contributed by atoms with E-state index in [4.69, 9.17) is 5.14 Å². The molecule has 0 fully saturated rings. The maximum Gasteiger partial charge on any atom is 0.238 e. The van der Waals surface area contributed by atoms with Gasteiger partial charge < -0.3 is 4.90 Å². The number of para-hydroxylation sites is 1. The van der Waals surface area contributed by atoms with Crippen molar-refractivity contribution in [3.05, 3.63) is 54.6 Å². The van der Waals surface area contributed by atoms with Gasteiger partial charge in [-0.2, -0.15) is 0 Å². The Labute approximate surface area is 119 Å². The lowest BCUT2D eigenvalue weighted by molar-refractivity contribution is 0.598. The number of benzene rings is 2. The average molecular weight is 290 g/mol. The van der Waals surface area contributed by atoms with E-state index in [1.54, 1.807) is 12.1 Å². The summed E-state index contributed by atoms with van der Waals surface area (Å²) < 4.78 is 22.6. The Kier molecular flexibility index (Phi) is 4.11. The number of rotatable bonds is 4. The second-order valence-corrected chi connectivity index (χ2v) is 6.40. The number of nitrogens with zero attached hydrogens (tertiary/aromatic N) is 1. The first-order valence-electron chi connectivity index (χ1n) is 6.37. The summed E-state index contributed by atoms with van der Waals surface area (Å²) in [7, 11) is -3.65. The largest absolute Gasteiger partial charge is 0.339 e. The second-order valence-electron chi connectivity index (χ2n) is 4.84. The van der Waals surface area contributed by atoms with Gasteiger partial charge in [0.1, 0.15) is 0 Å². The molecule has 0 radical (unpaired) electrons. The molecule has 106 valence electrons. The molecule has 0 spiro atoms. The summed E-state index contributed by atoms with van der Waals surface area (Å²) in [5, 5.41) is 5.11. The minimum atomic E-state index is -3.65. The smallest absolute Gasteiger partial charge is 0.238 e. The van der Waals surface area contributed by atoms with E-state index in [9.17, 15) is 8.42 Å². The van der Waals surface area contributed by atoms with E-state index < -0.39 is 10.0 Å². The maximum atomic E-state index is 11.3. The van der Waals surface area contributed by atoms with Gasteiger partial charge in [0, 0.05) is 17.4 Å². The van der Waals surface area contributed by atoms with Crippen molar-refractivity contribution >= 4 is 21.4 Å². The van der Waals surface area contributed by atoms with Gasteiger partial charge in [-0.3, -0.25) is 0 Å². The minimum Gasteiger partial charge on any atom is -0.339 e. The molecule has 20 heavy (non-hydrogen) atoms. The fraction of sp³-hybridized carbons (Fsp3) is 0.200. The molecule has 0 aliphatic rings. The fourth-order valence-corrected chi connectivity index (χ4v) is 2.65. The SMILES string of the molecule is CC(C)N(c1ccccc1)c1ccc(S(N)(=O)=O)cc1. The van der Waals surface area contributed by atoms with Crippen molar-refractivity contribution in [2.75, 3.05) is 4.90 Å². The van der Waals surface area contributed by atoms with Crippen molar-refractivity contribution in [3.8, 4) is 0 Å². The zero-order chi connectivity index (χ0) is 14.8. The predicted octanol–water partition coefficient (Wildman–Crippen LogP) is 2.88. The summed E-state index contributed by atoms with van der Waals surface area (Å²) in [6.07, 6.45) is 0. The van der Waals surface area contributed by atoms with Crippen LogP contribution >= 0.6 is 0 Å². The molecule has 4 nitrogen and oxygen atoms in total. The molecular weight excluding hydrogens is 272 g/mol. The molecule has 0 aliphatic carbocycles. The second kappa shape index (κ2) is 5.64. The van der Waals surface area contributed by atoms with Crippen LogP contribution in [0.4, 0.5) is 11.4 Å². The lowest BCUT2D eigenvalue weighted by Crippen LogP contribution is -2.25. The van der Waals surface area contributed by atoms with Crippen LogP contribution in [0.3, 0.4) is 0 Å². The molecule has 0 aromatic heterocycles. The molecule has 0 unspecified atom stereocenters. The number of sulfonamides is 1. The molecule has 0 saturated carbocycles. The number of hydrogen-bond donors (Lipinski definition) is 1. The summed E-state index contributed by atoms with van der Waals surface area (Å²) in [6.45, 7) is 4.17. The number of nitrogens with two attached hydrogens (primary N) is 1. The highest BCUT2D eigenvalue weighted by Gasteiger charge is 2.14. The van der Waals surface area contributed by atoms with E-state index >= 15 is 0 Å². The van der Waals surface area contributed by atoms with E-state index in [0.717, 1.165) is 11.4 Å². The summed E-state index contributed by atoms with van der Waals surface area (Å²) in [4.78, 5) is 2.26. The molecule has 2 N–H and O–H groups in total. The monoisotopic (exact) mass is 290 g/mol. The zero-order valence-corrected chi connectivity index (χ0v) is 12.3. The van der Waals surface area contributed by atoms with Gasteiger partial charge in [-0.05, 0) is 50.2 Å². The third-order valence-corrected chi connectivity index (χ3v) is 3.92. The van der Waals surface area contributed by atoms with Gasteiger partial charge in [0.15, 0.2) is 0 Å². The molecule has 0 heterocycles. The molecule has 2 aromatic carbocycles. The van der Waals surface area contributed by atoms with Gasteiger partial charge in [-0.15, -0.1) is 0 Å². The van der Waals surface area contributed by atoms with Crippen molar-refractivity contribution in [2.24, 2.45) is 5.14 Å². The lowest BCUT2D eigenvalue weighted by Gasteiger charge is -2.29. The molecule has 5 heteroatoms. The quantitative estimate of drug-likeness (QED) is 0.941. The zero-order valence-electron chi connectivity index (χ0n) is 11.5. The van der Waals surface area contributed by atoms with E-state index in [1.807, 2.05) is 30.3 Å². The third-order valence-electron chi connectivity index (χ3n) is 2.99. The standard InChI is InChI=1S/C15H18N2O2S/c1-12(2)17(13-6-4-3-5-7-13)14-8-10-15(11-9-14)20(16,18)19/h3-12H,1-2H3,(H2,16,18,19). The van der Waals surface area contributed by atoms with Gasteiger partial charge in [0.2, 0.25) is 10.0 Å². The molecule has 2 aromatic rings. The molecule has 0 atom stereocenters. The van der Waals surface area contributed by atoms with E-state index in [2.05, 4.69) is 18.7 Å². The van der Waals surface area contributed by atoms with Crippen LogP contribution in [0.2, 0.25) is 0 Å². The molecular formula is C15H18N2O2S. The van der Waals surface area contributed by atoms with Crippen molar-refractivity contribution < 1.29 is 8.42 Å². The Balaban J connectivity index is 2.41. The highest BCUT2D eigenvalue weighted by Crippen LogP contribution is 2.28. The first-order valence-corrected chi connectivity index (χ1v) is 7.91. The topological polar surface area (TPSA) is 63.4 Å².